The molecule has 184 valence electrons. The number of ether oxygens (including phenoxy) is 1. The van der Waals surface area contributed by atoms with Gasteiger partial charge in [0, 0.05) is 35.1 Å². The Morgan fingerprint density at radius 1 is 1.00 bits per heavy atom. The molecular weight excluding hydrogens is 466 g/mol. The van der Waals surface area contributed by atoms with Crippen molar-refractivity contribution in [3.05, 3.63) is 95.2 Å². The summed E-state index contributed by atoms with van der Waals surface area (Å²) in [5.74, 6) is 0.603. The van der Waals surface area contributed by atoms with Gasteiger partial charge in [-0.25, -0.2) is 0 Å². The van der Waals surface area contributed by atoms with E-state index >= 15 is 0 Å². The lowest BCUT2D eigenvalue weighted by Crippen LogP contribution is -2.38. The van der Waals surface area contributed by atoms with Crippen molar-refractivity contribution in [2.75, 3.05) is 18.1 Å². The van der Waals surface area contributed by atoms with Crippen LogP contribution in [0.5, 0.6) is 0 Å². The zero-order valence-electron chi connectivity index (χ0n) is 20.8. The van der Waals surface area contributed by atoms with E-state index in [4.69, 9.17) is 9.73 Å². The maximum Gasteiger partial charge on any atom is 0.315 e. The third-order valence-electron chi connectivity index (χ3n) is 7.25. The zero-order valence-corrected chi connectivity index (χ0v) is 21.6. The van der Waals surface area contributed by atoms with Crippen LogP contribution >= 0.6 is 11.8 Å². The van der Waals surface area contributed by atoms with Crippen LogP contribution in [0.15, 0.2) is 89.1 Å². The van der Waals surface area contributed by atoms with Gasteiger partial charge in [0.05, 0.1) is 0 Å². The molecule has 0 amide bonds. The third-order valence-corrected chi connectivity index (χ3v) is 8.11. The third kappa shape index (κ3) is 4.77. The fourth-order valence-electron chi connectivity index (χ4n) is 5.62. The summed E-state index contributed by atoms with van der Waals surface area (Å²) in [6.45, 7) is 4.36. The molecule has 36 heavy (non-hydrogen) atoms. The van der Waals surface area contributed by atoms with Crippen molar-refractivity contribution in [3.8, 4) is 0 Å². The first-order chi connectivity index (χ1) is 17.6. The minimum absolute atomic E-state index is 0.0821. The van der Waals surface area contributed by atoms with Crippen molar-refractivity contribution >= 4 is 40.0 Å². The molecule has 0 saturated heterocycles. The van der Waals surface area contributed by atoms with E-state index in [-0.39, 0.29) is 17.7 Å². The van der Waals surface area contributed by atoms with E-state index in [9.17, 15) is 9.59 Å². The number of hydrogen-bond donors (Lipinski definition) is 0. The van der Waals surface area contributed by atoms with Crippen LogP contribution in [-0.4, -0.2) is 35.6 Å². The normalized spacial score (nSPS) is 21.8. The Labute approximate surface area is 216 Å². The van der Waals surface area contributed by atoms with Gasteiger partial charge in [-0.2, -0.15) is 11.8 Å². The summed E-state index contributed by atoms with van der Waals surface area (Å²) >= 11 is 1.74. The molecule has 0 fully saturated rings. The van der Waals surface area contributed by atoms with E-state index in [1.54, 1.807) is 11.8 Å². The highest BCUT2D eigenvalue weighted by molar-refractivity contribution is 7.99. The van der Waals surface area contributed by atoms with Crippen LogP contribution in [-0.2, 0) is 14.3 Å². The van der Waals surface area contributed by atoms with Gasteiger partial charge in [-0.1, -0.05) is 79.7 Å². The number of hydrogen-bond acceptors (Lipinski definition) is 5. The molecule has 5 rings (SSSR count). The van der Waals surface area contributed by atoms with Crippen molar-refractivity contribution in [2.45, 2.75) is 38.5 Å². The van der Waals surface area contributed by atoms with E-state index in [2.05, 4.69) is 43.3 Å². The first-order valence-electron chi connectivity index (χ1n) is 12.7. The standard InChI is InChI=1S/C31H31NO3S/c1-3-36-17-16-35-31(34)28-20(2)32-26-18-23(21-10-5-4-6-11-21)19-27(33)30(26)29(28)25-15-9-13-22-12-7-8-14-24(22)25/h4-15,23,28-29H,3,16-19H2,1-2H3/t23-,28?,29+/m1/s1. The summed E-state index contributed by atoms with van der Waals surface area (Å²) in [6, 6.07) is 24.5. The average molecular weight is 498 g/mol. The molecule has 0 N–H and O–H groups in total. The molecule has 3 aromatic rings. The summed E-state index contributed by atoms with van der Waals surface area (Å²) < 4.78 is 5.75. The molecule has 1 aliphatic heterocycles. The van der Waals surface area contributed by atoms with Crippen LogP contribution in [0.4, 0.5) is 0 Å². The van der Waals surface area contributed by atoms with Gasteiger partial charge < -0.3 is 4.74 Å². The van der Waals surface area contributed by atoms with Crippen LogP contribution in [0.3, 0.4) is 0 Å². The highest BCUT2D eigenvalue weighted by Crippen LogP contribution is 2.48. The van der Waals surface area contributed by atoms with Gasteiger partial charge in [-0.15, -0.1) is 0 Å². The number of esters is 1. The van der Waals surface area contributed by atoms with Gasteiger partial charge in [-0.3, -0.25) is 14.6 Å². The zero-order chi connectivity index (χ0) is 25.1. The molecule has 1 aliphatic carbocycles. The number of fused-ring (bicyclic) bond motifs is 1. The van der Waals surface area contributed by atoms with Crippen molar-refractivity contribution < 1.29 is 14.3 Å². The second-order valence-electron chi connectivity index (χ2n) is 9.44. The molecular formula is C31H31NO3S. The topological polar surface area (TPSA) is 55.7 Å². The lowest BCUT2D eigenvalue weighted by molar-refractivity contribution is -0.145. The number of carbonyl (C=O) groups is 2. The number of carbonyl (C=O) groups excluding carboxylic acids is 2. The number of thioether (sulfide) groups is 1. The second kappa shape index (κ2) is 10.8. The highest BCUT2D eigenvalue weighted by atomic mass is 32.2. The Balaban J connectivity index is 1.59. The minimum Gasteiger partial charge on any atom is -0.464 e. The number of Topliss-reactive ketones (excluding diaryl/α,β-unsaturated/α-hetero) is 1. The Morgan fingerprint density at radius 3 is 2.56 bits per heavy atom. The van der Waals surface area contributed by atoms with Crippen LogP contribution < -0.4 is 0 Å². The van der Waals surface area contributed by atoms with Crippen molar-refractivity contribution in [3.63, 3.8) is 0 Å². The number of benzene rings is 3. The minimum atomic E-state index is -0.613. The number of ketones is 1. The van der Waals surface area contributed by atoms with Gasteiger partial charge in [0.1, 0.15) is 12.5 Å². The largest absolute Gasteiger partial charge is 0.464 e. The van der Waals surface area contributed by atoms with Crippen LogP contribution in [0.2, 0.25) is 0 Å². The predicted molar refractivity (Wildman–Crippen MR) is 148 cm³/mol. The molecule has 1 heterocycles. The fourth-order valence-corrected chi connectivity index (χ4v) is 6.11. The molecule has 0 saturated carbocycles. The maximum atomic E-state index is 13.8. The van der Waals surface area contributed by atoms with E-state index in [0.29, 0.717) is 25.0 Å². The molecule has 0 radical (unpaired) electrons. The Kier molecular flexibility index (Phi) is 7.38. The molecule has 1 unspecified atom stereocenters. The molecule has 0 bridgehead atoms. The molecule has 3 aromatic carbocycles. The van der Waals surface area contributed by atoms with Crippen molar-refractivity contribution in [1.82, 2.24) is 0 Å². The summed E-state index contributed by atoms with van der Waals surface area (Å²) in [5.41, 5.74) is 4.38. The van der Waals surface area contributed by atoms with Crippen molar-refractivity contribution in [2.24, 2.45) is 10.9 Å². The maximum absolute atomic E-state index is 13.8. The van der Waals surface area contributed by atoms with Gasteiger partial charge in [0.15, 0.2) is 5.78 Å². The lowest BCUT2D eigenvalue weighted by Gasteiger charge is -2.37. The molecule has 0 aromatic heterocycles. The SMILES string of the molecule is CCSCCOC(=O)C1C(C)=NC2=C(C(=O)C[C@H](c3ccccc3)C2)[C@H]1c1cccc2ccccc12. The smallest absolute Gasteiger partial charge is 0.315 e. The summed E-state index contributed by atoms with van der Waals surface area (Å²) in [7, 11) is 0. The number of nitrogens with zero attached hydrogens (tertiary/aromatic N) is 1. The summed E-state index contributed by atoms with van der Waals surface area (Å²) in [4.78, 5) is 32.2. The number of allylic oxidation sites excluding steroid dienone is 2. The second-order valence-corrected chi connectivity index (χ2v) is 10.8. The molecule has 5 heteroatoms. The summed E-state index contributed by atoms with van der Waals surface area (Å²) in [6.07, 6.45) is 1.12. The van der Waals surface area contributed by atoms with E-state index in [1.807, 2.05) is 43.3 Å². The van der Waals surface area contributed by atoms with Crippen LogP contribution in [0.25, 0.3) is 10.8 Å². The molecule has 4 nitrogen and oxygen atoms in total. The average Bonchev–Trinajstić information content (AvgIpc) is 2.90. The van der Waals surface area contributed by atoms with Gasteiger partial charge in [-0.05, 0) is 46.9 Å². The van der Waals surface area contributed by atoms with Crippen molar-refractivity contribution in [1.29, 1.82) is 0 Å². The Hall–Kier alpha value is -3.18. The Bertz CT molecular complexity index is 1340. The lowest BCUT2D eigenvalue weighted by atomic mass is 9.68. The van der Waals surface area contributed by atoms with Gasteiger partial charge >= 0.3 is 5.97 Å². The number of aliphatic imine (C=N–C) groups is 1. The molecule has 0 spiro atoms. The first kappa shape index (κ1) is 24.5. The molecule has 2 aliphatic rings. The Morgan fingerprint density at radius 2 is 1.75 bits per heavy atom. The predicted octanol–water partition coefficient (Wildman–Crippen LogP) is 6.71. The monoisotopic (exact) mass is 497 g/mol. The quantitative estimate of drug-likeness (QED) is 0.269. The van der Waals surface area contributed by atoms with Crippen LogP contribution in [0.1, 0.15) is 49.7 Å². The van der Waals surface area contributed by atoms with Gasteiger partial charge in [0.25, 0.3) is 0 Å². The van der Waals surface area contributed by atoms with E-state index in [1.165, 1.54) is 0 Å². The highest BCUT2D eigenvalue weighted by Gasteiger charge is 2.45. The number of rotatable bonds is 7. The van der Waals surface area contributed by atoms with E-state index in [0.717, 1.165) is 44.8 Å². The van der Waals surface area contributed by atoms with Gasteiger partial charge in [0.2, 0.25) is 0 Å². The van der Waals surface area contributed by atoms with Crippen LogP contribution in [0, 0.1) is 5.92 Å². The molecule has 3 atom stereocenters. The summed E-state index contributed by atoms with van der Waals surface area (Å²) in [5, 5.41) is 2.15. The van der Waals surface area contributed by atoms with E-state index < -0.39 is 11.8 Å². The first-order valence-corrected chi connectivity index (χ1v) is 13.8. The fraction of sp³-hybridized carbons (Fsp3) is 0.323.